The third kappa shape index (κ3) is 4.84. The SMILES string of the molecule is C=C(C)CN(CC)S(=O)(=O)N1CCCC(CNCC)C1. The number of hydrogen-bond donors (Lipinski definition) is 1. The molecule has 0 amide bonds. The van der Waals surface area contributed by atoms with Gasteiger partial charge in [0.15, 0.2) is 0 Å². The topological polar surface area (TPSA) is 52.7 Å². The minimum Gasteiger partial charge on any atom is -0.317 e. The van der Waals surface area contributed by atoms with Gasteiger partial charge in [0.25, 0.3) is 10.2 Å². The smallest absolute Gasteiger partial charge is 0.282 e. The summed E-state index contributed by atoms with van der Waals surface area (Å²) in [5.74, 6) is 0.419. The fourth-order valence-electron chi connectivity index (χ4n) is 2.57. The third-order valence-corrected chi connectivity index (χ3v) is 5.64. The first-order valence-corrected chi connectivity index (χ1v) is 8.91. The molecule has 1 heterocycles. The molecule has 5 nitrogen and oxygen atoms in total. The molecule has 0 radical (unpaired) electrons. The lowest BCUT2D eigenvalue weighted by Gasteiger charge is -2.35. The van der Waals surface area contributed by atoms with E-state index < -0.39 is 10.2 Å². The molecule has 6 heteroatoms. The molecule has 1 saturated heterocycles. The van der Waals surface area contributed by atoms with Crippen LogP contribution in [0.4, 0.5) is 0 Å². The number of likely N-dealkylation sites (N-methyl/N-ethyl adjacent to an activating group) is 1. The van der Waals surface area contributed by atoms with Crippen molar-refractivity contribution in [1.29, 1.82) is 0 Å². The van der Waals surface area contributed by atoms with Gasteiger partial charge in [-0.1, -0.05) is 26.0 Å². The van der Waals surface area contributed by atoms with E-state index in [1.165, 1.54) is 4.31 Å². The highest BCUT2D eigenvalue weighted by atomic mass is 32.2. The van der Waals surface area contributed by atoms with Crippen LogP contribution >= 0.6 is 0 Å². The van der Waals surface area contributed by atoms with Gasteiger partial charge in [0.1, 0.15) is 0 Å². The highest BCUT2D eigenvalue weighted by molar-refractivity contribution is 7.86. The van der Waals surface area contributed by atoms with Gasteiger partial charge in [-0.05, 0) is 38.8 Å². The lowest BCUT2D eigenvalue weighted by Crippen LogP contribution is -2.49. The molecule has 0 saturated carbocycles. The van der Waals surface area contributed by atoms with Gasteiger partial charge in [-0.25, -0.2) is 0 Å². The molecule has 0 aliphatic carbocycles. The molecule has 20 heavy (non-hydrogen) atoms. The molecule has 0 spiro atoms. The van der Waals surface area contributed by atoms with E-state index >= 15 is 0 Å². The van der Waals surface area contributed by atoms with Gasteiger partial charge in [-0.15, -0.1) is 0 Å². The normalized spacial score (nSPS) is 21.3. The molecular formula is C14H29N3O2S. The maximum absolute atomic E-state index is 12.7. The molecule has 1 fully saturated rings. The quantitative estimate of drug-likeness (QED) is 0.691. The molecule has 1 atom stereocenters. The molecular weight excluding hydrogens is 274 g/mol. The second kappa shape index (κ2) is 8.12. The zero-order valence-electron chi connectivity index (χ0n) is 13.1. The molecule has 1 aliphatic rings. The van der Waals surface area contributed by atoms with Crippen molar-refractivity contribution in [2.24, 2.45) is 5.92 Å². The maximum atomic E-state index is 12.7. The first-order valence-electron chi connectivity index (χ1n) is 7.52. The molecule has 0 aromatic carbocycles. The van der Waals surface area contributed by atoms with Gasteiger partial charge in [-0.3, -0.25) is 0 Å². The molecule has 118 valence electrons. The van der Waals surface area contributed by atoms with Crippen molar-refractivity contribution in [3.63, 3.8) is 0 Å². The van der Waals surface area contributed by atoms with Crippen LogP contribution in [-0.2, 0) is 10.2 Å². The summed E-state index contributed by atoms with van der Waals surface area (Å²) in [6.45, 7) is 13.6. The summed E-state index contributed by atoms with van der Waals surface area (Å²) in [7, 11) is -3.35. The van der Waals surface area contributed by atoms with E-state index in [0.29, 0.717) is 32.1 Å². The van der Waals surface area contributed by atoms with Crippen molar-refractivity contribution >= 4 is 10.2 Å². The minimum absolute atomic E-state index is 0.410. The lowest BCUT2D eigenvalue weighted by molar-refractivity contribution is 0.245. The maximum Gasteiger partial charge on any atom is 0.282 e. The number of piperidine rings is 1. The van der Waals surface area contributed by atoms with Gasteiger partial charge in [-0.2, -0.15) is 17.0 Å². The second-order valence-electron chi connectivity index (χ2n) is 5.57. The monoisotopic (exact) mass is 303 g/mol. The van der Waals surface area contributed by atoms with Crippen LogP contribution in [0.5, 0.6) is 0 Å². The number of hydrogen-bond acceptors (Lipinski definition) is 3. The van der Waals surface area contributed by atoms with Gasteiger partial charge in [0.05, 0.1) is 0 Å². The summed E-state index contributed by atoms with van der Waals surface area (Å²) in [5, 5.41) is 3.32. The van der Waals surface area contributed by atoms with Crippen LogP contribution in [0, 0.1) is 5.92 Å². The predicted octanol–water partition coefficient (Wildman–Crippen LogP) is 1.45. The minimum atomic E-state index is -3.35. The fraction of sp³-hybridized carbons (Fsp3) is 0.857. The summed E-state index contributed by atoms with van der Waals surface area (Å²) in [6, 6.07) is 0. The van der Waals surface area contributed by atoms with Crippen LogP contribution in [-0.4, -0.2) is 56.3 Å². The molecule has 0 aromatic rings. The highest BCUT2D eigenvalue weighted by Gasteiger charge is 2.32. The van der Waals surface area contributed by atoms with Gasteiger partial charge in [0.2, 0.25) is 0 Å². The zero-order valence-corrected chi connectivity index (χ0v) is 13.9. The van der Waals surface area contributed by atoms with Crippen LogP contribution in [0.2, 0.25) is 0 Å². The predicted molar refractivity (Wildman–Crippen MR) is 83.8 cm³/mol. The molecule has 1 unspecified atom stereocenters. The van der Waals surface area contributed by atoms with Gasteiger partial charge in [0, 0.05) is 26.2 Å². The fourth-order valence-corrected chi connectivity index (χ4v) is 4.37. The van der Waals surface area contributed by atoms with E-state index in [0.717, 1.165) is 31.5 Å². The molecule has 1 aliphatic heterocycles. The Morgan fingerprint density at radius 3 is 2.70 bits per heavy atom. The van der Waals surface area contributed by atoms with E-state index in [1.807, 2.05) is 13.8 Å². The Morgan fingerprint density at radius 1 is 1.45 bits per heavy atom. The molecule has 0 bridgehead atoms. The van der Waals surface area contributed by atoms with Crippen molar-refractivity contribution in [3.05, 3.63) is 12.2 Å². The first-order chi connectivity index (χ1) is 9.41. The number of nitrogens with one attached hydrogen (secondary N) is 1. The van der Waals surface area contributed by atoms with Crippen molar-refractivity contribution in [1.82, 2.24) is 13.9 Å². The average molecular weight is 303 g/mol. The zero-order chi connectivity index (χ0) is 15.2. The first kappa shape index (κ1) is 17.6. The average Bonchev–Trinajstić information content (AvgIpc) is 2.42. The van der Waals surface area contributed by atoms with Gasteiger partial charge >= 0.3 is 0 Å². The Kier molecular flexibility index (Phi) is 7.15. The molecule has 0 aromatic heterocycles. The van der Waals surface area contributed by atoms with Crippen LogP contribution in [0.1, 0.15) is 33.6 Å². The van der Waals surface area contributed by atoms with Crippen LogP contribution in [0.15, 0.2) is 12.2 Å². The molecule has 1 N–H and O–H groups in total. The summed E-state index contributed by atoms with van der Waals surface area (Å²) in [6.07, 6.45) is 2.05. The summed E-state index contributed by atoms with van der Waals surface area (Å²) < 4.78 is 28.5. The van der Waals surface area contributed by atoms with E-state index in [1.54, 1.807) is 4.31 Å². The Hall–Kier alpha value is -0.430. The van der Waals surface area contributed by atoms with Crippen LogP contribution in [0.25, 0.3) is 0 Å². The number of nitrogens with zero attached hydrogens (tertiary/aromatic N) is 2. The van der Waals surface area contributed by atoms with E-state index in [2.05, 4.69) is 18.8 Å². The van der Waals surface area contributed by atoms with Crippen molar-refractivity contribution in [3.8, 4) is 0 Å². The summed E-state index contributed by atoms with van der Waals surface area (Å²) in [4.78, 5) is 0. The second-order valence-corrected chi connectivity index (χ2v) is 7.49. The van der Waals surface area contributed by atoms with E-state index in [-0.39, 0.29) is 0 Å². The Morgan fingerprint density at radius 2 is 2.15 bits per heavy atom. The third-order valence-electron chi connectivity index (χ3n) is 3.62. The summed E-state index contributed by atoms with van der Waals surface area (Å²) >= 11 is 0. The van der Waals surface area contributed by atoms with Crippen molar-refractivity contribution in [2.75, 3.05) is 39.3 Å². The van der Waals surface area contributed by atoms with Crippen molar-refractivity contribution < 1.29 is 8.42 Å². The Labute approximate surface area is 124 Å². The summed E-state index contributed by atoms with van der Waals surface area (Å²) in [5.41, 5.74) is 0.872. The Bertz CT molecular complexity index is 409. The van der Waals surface area contributed by atoms with Crippen LogP contribution in [0.3, 0.4) is 0 Å². The van der Waals surface area contributed by atoms with Gasteiger partial charge < -0.3 is 5.32 Å². The van der Waals surface area contributed by atoms with Crippen LogP contribution < -0.4 is 5.32 Å². The van der Waals surface area contributed by atoms with E-state index in [9.17, 15) is 8.42 Å². The Balaban J connectivity index is 2.72. The number of rotatable bonds is 8. The van der Waals surface area contributed by atoms with E-state index in [4.69, 9.17) is 0 Å². The highest BCUT2D eigenvalue weighted by Crippen LogP contribution is 2.21. The van der Waals surface area contributed by atoms with Crippen molar-refractivity contribution in [2.45, 2.75) is 33.6 Å². The standard InChI is InChI=1S/C14H29N3O2S/c1-5-15-10-14-8-7-9-17(12-14)20(18,19)16(6-2)11-13(3)4/h14-15H,3,5-12H2,1-2,4H3. The lowest BCUT2D eigenvalue weighted by atomic mass is 10.00. The largest absolute Gasteiger partial charge is 0.317 e. The molecule has 1 rings (SSSR count).